The van der Waals surface area contributed by atoms with Crippen LogP contribution in [0, 0.1) is 0 Å². The fraction of sp³-hybridized carbons (Fsp3) is 0.111. The third kappa shape index (κ3) is 2.22. The van der Waals surface area contributed by atoms with Crippen molar-refractivity contribution in [2.24, 2.45) is 0 Å². The Kier molecular flexibility index (Phi) is 3.57. The topological polar surface area (TPSA) is 0 Å². The number of benzene rings is 6. The van der Waals surface area contributed by atoms with E-state index in [1.54, 1.807) is 0 Å². The number of rotatable bonds is 0. The summed E-state index contributed by atoms with van der Waals surface area (Å²) >= 11 is 0. The quantitative estimate of drug-likeness (QED) is 0.214. The van der Waals surface area contributed by atoms with E-state index in [1.807, 2.05) is 0 Å². The molecule has 0 heteroatoms. The normalized spacial score (nSPS) is 22.4. The van der Waals surface area contributed by atoms with Crippen LogP contribution in [-0.4, -0.2) is 0 Å². The van der Waals surface area contributed by atoms with Crippen molar-refractivity contribution in [2.45, 2.75) is 23.7 Å². The van der Waals surface area contributed by atoms with Crippen LogP contribution in [0.3, 0.4) is 0 Å². The van der Waals surface area contributed by atoms with Crippen molar-refractivity contribution in [2.75, 3.05) is 0 Å². The molecular formula is C36H24. The van der Waals surface area contributed by atoms with E-state index in [9.17, 15) is 0 Å². The average molecular weight is 457 g/mol. The van der Waals surface area contributed by atoms with Crippen LogP contribution in [0.1, 0.15) is 68.2 Å². The molecule has 0 saturated heterocycles. The summed E-state index contributed by atoms with van der Waals surface area (Å²) in [5.41, 5.74) is 11.9. The second-order valence-electron chi connectivity index (χ2n) is 10.8. The maximum Gasteiger partial charge on any atom is 0.0208 e. The van der Waals surface area contributed by atoms with Crippen LogP contribution in [0.5, 0.6) is 0 Å². The van der Waals surface area contributed by atoms with E-state index in [-0.39, 0.29) is 23.7 Å². The molecule has 3 aliphatic carbocycles. The molecule has 0 heterocycles. The Morgan fingerprint density at radius 3 is 0.778 bits per heavy atom. The van der Waals surface area contributed by atoms with Gasteiger partial charge in [0, 0.05) is 23.7 Å². The predicted molar refractivity (Wildman–Crippen MR) is 148 cm³/mol. The molecule has 4 bridgehead atoms. The Labute approximate surface area is 210 Å². The minimum atomic E-state index is 0.259. The molecule has 6 aromatic carbocycles. The summed E-state index contributed by atoms with van der Waals surface area (Å²) in [6, 6.07) is 46.7. The molecule has 4 atom stereocenters. The lowest BCUT2D eigenvalue weighted by Crippen LogP contribution is -2.21. The molecule has 168 valence electrons. The summed E-state index contributed by atoms with van der Waals surface area (Å²) in [7, 11) is 0. The molecule has 0 aromatic heterocycles. The zero-order valence-corrected chi connectivity index (χ0v) is 19.9. The molecule has 9 rings (SSSR count). The Morgan fingerprint density at radius 1 is 0.250 bits per heavy atom. The first-order chi connectivity index (χ1) is 17.9. The minimum absolute atomic E-state index is 0.259. The minimum Gasteiger partial charge on any atom is -0.0620 e. The van der Waals surface area contributed by atoms with Crippen LogP contribution >= 0.6 is 0 Å². The molecule has 0 spiro atoms. The van der Waals surface area contributed by atoms with Crippen LogP contribution in [-0.2, 0) is 0 Å². The third-order valence-electron chi connectivity index (χ3n) is 9.28. The summed E-state index contributed by atoms with van der Waals surface area (Å²) in [5, 5.41) is 5.67. The van der Waals surface area contributed by atoms with Gasteiger partial charge in [0.25, 0.3) is 0 Å². The van der Waals surface area contributed by atoms with Crippen molar-refractivity contribution in [3.05, 3.63) is 166 Å². The highest BCUT2D eigenvalue weighted by molar-refractivity contribution is 5.96. The number of hydrogen-bond acceptors (Lipinski definition) is 0. The molecule has 36 heavy (non-hydrogen) atoms. The maximum absolute atomic E-state index is 2.42. The van der Waals surface area contributed by atoms with Gasteiger partial charge >= 0.3 is 0 Å². The lowest BCUT2D eigenvalue weighted by molar-refractivity contribution is 0.636. The zero-order chi connectivity index (χ0) is 23.4. The Hall–Kier alpha value is -4.16. The molecule has 0 N–H and O–H groups in total. The van der Waals surface area contributed by atoms with E-state index < -0.39 is 0 Å². The summed E-state index contributed by atoms with van der Waals surface area (Å²) in [4.78, 5) is 0. The first-order valence-electron chi connectivity index (χ1n) is 13.1. The average Bonchev–Trinajstić information content (AvgIpc) is 3.08. The SMILES string of the molecule is c1ccc2c(c1)[C@H]1c3cccc4cccc(c34)[C@H]2[C@H]2c3ccccc3[C@H]1c1cccc3cccc2c13. The molecule has 0 nitrogen and oxygen atoms in total. The monoisotopic (exact) mass is 456 g/mol. The van der Waals surface area contributed by atoms with Gasteiger partial charge in [0.05, 0.1) is 0 Å². The Morgan fingerprint density at radius 2 is 0.500 bits per heavy atom. The highest BCUT2D eigenvalue weighted by atomic mass is 14.5. The second-order valence-corrected chi connectivity index (χ2v) is 10.8. The van der Waals surface area contributed by atoms with Gasteiger partial charge < -0.3 is 0 Å². The standard InChI is InChI=1S/C36H24/c1-2-14-24-23(13-1)33-27-17-5-9-21-10-6-18-28(31(21)27)34(24)36-26-16-4-3-15-25(26)35(33)29-19-7-11-22-12-8-20-30(36)32(22)29/h1-20,33-36H/t33-,34-,35-,36-/m0/s1. The molecule has 0 saturated carbocycles. The Bertz CT molecular complexity index is 1610. The van der Waals surface area contributed by atoms with Gasteiger partial charge in [0.1, 0.15) is 0 Å². The zero-order valence-electron chi connectivity index (χ0n) is 19.9. The lowest BCUT2D eigenvalue weighted by atomic mass is 9.67. The smallest absolute Gasteiger partial charge is 0.0208 e. The van der Waals surface area contributed by atoms with Crippen LogP contribution in [0.2, 0.25) is 0 Å². The van der Waals surface area contributed by atoms with Gasteiger partial charge in [0.2, 0.25) is 0 Å². The highest BCUT2D eigenvalue weighted by Gasteiger charge is 2.46. The van der Waals surface area contributed by atoms with Gasteiger partial charge in [-0.15, -0.1) is 0 Å². The Balaban J connectivity index is 1.60. The van der Waals surface area contributed by atoms with Gasteiger partial charge in [-0.2, -0.15) is 0 Å². The fourth-order valence-corrected chi connectivity index (χ4v) is 8.10. The summed E-state index contributed by atoms with van der Waals surface area (Å²) in [6.07, 6.45) is 0. The first-order valence-corrected chi connectivity index (χ1v) is 13.1. The van der Waals surface area contributed by atoms with E-state index in [0.29, 0.717) is 0 Å². The van der Waals surface area contributed by atoms with E-state index in [2.05, 4.69) is 121 Å². The van der Waals surface area contributed by atoms with Crippen molar-refractivity contribution in [1.29, 1.82) is 0 Å². The van der Waals surface area contributed by atoms with Crippen molar-refractivity contribution in [1.82, 2.24) is 0 Å². The number of fused-ring (bicyclic) bond motifs is 6. The number of hydrogen-bond donors (Lipinski definition) is 0. The van der Waals surface area contributed by atoms with Crippen molar-refractivity contribution < 1.29 is 0 Å². The van der Waals surface area contributed by atoms with E-state index in [1.165, 1.54) is 66.1 Å². The maximum atomic E-state index is 2.42. The predicted octanol–water partition coefficient (Wildman–Crippen LogP) is 8.86. The van der Waals surface area contributed by atoms with Crippen molar-refractivity contribution in [3.8, 4) is 0 Å². The van der Waals surface area contributed by atoms with Gasteiger partial charge in [0.15, 0.2) is 0 Å². The molecule has 3 aliphatic rings. The summed E-state index contributed by atoms with van der Waals surface area (Å²) < 4.78 is 0. The van der Waals surface area contributed by atoms with Crippen LogP contribution in [0.15, 0.2) is 121 Å². The van der Waals surface area contributed by atoms with Gasteiger partial charge in [-0.1, -0.05) is 121 Å². The molecule has 0 unspecified atom stereocenters. The third-order valence-corrected chi connectivity index (χ3v) is 9.28. The van der Waals surface area contributed by atoms with E-state index in [0.717, 1.165) is 0 Å². The van der Waals surface area contributed by atoms with Gasteiger partial charge in [-0.25, -0.2) is 0 Å². The largest absolute Gasteiger partial charge is 0.0620 e. The van der Waals surface area contributed by atoms with E-state index in [4.69, 9.17) is 0 Å². The van der Waals surface area contributed by atoms with Crippen LogP contribution < -0.4 is 0 Å². The van der Waals surface area contributed by atoms with Gasteiger partial charge in [-0.3, -0.25) is 0 Å². The van der Waals surface area contributed by atoms with Crippen molar-refractivity contribution in [3.63, 3.8) is 0 Å². The molecule has 0 radical (unpaired) electrons. The molecular weight excluding hydrogens is 432 g/mol. The van der Waals surface area contributed by atoms with E-state index >= 15 is 0 Å². The lowest BCUT2D eigenvalue weighted by Gasteiger charge is -2.36. The first kappa shape index (κ1) is 19.1. The fourth-order valence-electron chi connectivity index (χ4n) is 8.10. The summed E-state index contributed by atoms with van der Waals surface area (Å²) in [5.74, 6) is 1.04. The summed E-state index contributed by atoms with van der Waals surface area (Å²) in [6.45, 7) is 0. The van der Waals surface area contributed by atoms with Gasteiger partial charge in [-0.05, 0) is 66.1 Å². The van der Waals surface area contributed by atoms with Crippen molar-refractivity contribution >= 4 is 21.5 Å². The van der Waals surface area contributed by atoms with Crippen LogP contribution in [0.4, 0.5) is 0 Å². The van der Waals surface area contributed by atoms with Crippen LogP contribution in [0.25, 0.3) is 21.5 Å². The highest BCUT2D eigenvalue weighted by Crippen LogP contribution is 2.61. The molecule has 0 fully saturated rings. The molecule has 0 amide bonds. The molecule has 6 aromatic rings. The second kappa shape index (κ2) is 6.74. The molecule has 0 aliphatic heterocycles.